The molecule has 31 heavy (non-hydrogen) atoms. The second-order valence-corrected chi connectivity index (χ2v) is 11.6. The quantitative estimate of drug-likeness (QED) is 0.180. The van der Waals surface area contributed by atoms with Crippen molar-refractivity contribution in [2.75, 3.05) is 46.2 Å². The monoisotopic (exact) mass is 480 g/mol. The third-order valence-electron chi connectivity index (χ3n) is 4.01. The van der Waals surface area contributed by atoms with Gasteiger partial charge in [-0.05, 0) is 0 Å². The molecule has 176 valence electrons. The topological polar surface area (TPSA) is 139 Å². The summed E-state index contributed by atoms with van der Waals surface area (Å²) in [4.78, 5) is 75.4. The van der Waals surface area contributed by atoms with Gasteiger partial charge in [0.1, 0.15) is 0 Å². The Morgan fingerprint density at radius 1 is 0.516 bits per heavy atom. The molecule has 0 saturated heterocycles. The standard InChI is InChI=1S/3C6H9O3.C2H5O.Ti/c3*1-2-9-5-6(8)3-4-7;1-2-3;/h3*2-3,5H2,1H3;2H2,1H3;/q;;;-1;+1. The van der Waals surface area contributed by atoms with E-state index in [1.165, 1.54) is 6.92 Å². The van der Waals surface area contributed by atoms with Gasteiger partial charge < -0.3 is 0 Å². The summed E-state index contributed by atoms with van der Waals surface area (Å²) < 4.78 is 17.6. The van der Waals surface area contributed by atoms with Gasteiger partial charge in [0.25, 0.3) is 0 Å². The first kappa shape index (κ1) is 29.6. The summed E-state index contributed by atoms with van der Waals surface area (Å²) >= 11 is -5.33. The number of carbonyl (C=O) groups excluding carboxylic acids is 6. The zero-order chi connectivity index (χ0) is 23.9. The Hall–Kier alpha value is -1.43. The number of ether oxygens (including phenoxy) is 3. The molecule has 0 rings (SSSR count). The summed E-state index contributed by atoms with van der Waals surface area (Å²) in [6, 6.07) is 0. The Balaban J connectivity index is 5.88. The molecule has 0 N–H and O–H groups in total. The van der Waals surface area contributed by atoms with Crippen LogP contribution in [0, 0.1) is 0 Å². The van der Waals surface area contributed by atoms with Gasteiger partial charge >= 0.3 is 186 Å². The molecular formula is C20H32O10Ti. The summed E-state index contributed by atoms with van der Waals surface area (Å²) in [6.07, 6.45) is -2.22. The van der Waals surface area contributed by atoms with Gasteiger partial charge in [-0.15, -0.1) is 0 Å². The molecule has 0 amide bonds. The number of hydrogen-bond acceptors (Lipinski definition) is 10. The summed E-state index contributed by atoms with van der Waals surface area (Å²) in [5, 5.41) is 0. The first-order valence-electron chi connectivity index (χ1n) is 10.2. The van der Waals surface area contributed by atoms with Crippen molar-refractivity contribution in [2.45, 2.75) is 47.0 Å². The molecule has 0 aromatic heterocycles. The van der Waals surface area contributed by atoms with Crippen molar-refractivity contribution in [1.29, 1.82) is 0 Å². The predicted molar refractivity (Wildman–Crippen MR) is 105 cm³/mol. The van der Waals surface area contributed by atoms with Gasteiger partial charge in [0.15, 0.2) is 0 Å². The molecule has 0 bridgehead atoms. The number of carbonyl (C=O) groups is 6. The van der Waals surface area contributed by atoms with Gasteiger partial charge in [0.05, 0.1) is 0 Å². The van der Waals surface area contributed by atoms with Crippen LogP contribution in [0.3, 0.4) is 0 Å². The average molecular weight is 480 g/mol. The van der Waals surface area contributed by atoms with Crippen LogP contribution < -0.4 is 0 Å². The van der Waals surface area contributed by atoms with Crippen molar-refractivity contribution in [3.05, 3.63) is 0 Å². The van der Waals surface area contributed by atoms with Crippen LogP contribution in [0.15, 0.2) is 0 Å². The first-order valence-corrected chi connectivity index (χ1v) is 13.2. The fraction of sp³-hybridized carbons (Fsp3) is 0.700. The summed E-state index contributed by atoms with van der Waals surface area (Å²) in [5.41, 5.74) is 0. The Labute approximate surface area is 186 Å². The molecule has 0 aromatic rings. The second-order valence-electron chi connectivity index (χ2n) is 6.44. The van der Waals surface area contributed by atoms with Gasteiger partial charge in [0.2, 0.25) is 0 Å². The van der Waals surface area contributed by atoms with Gasteiger partial charge in [-0.2, -0.15) is 0 Å². The molecule has 0 atom stereocenters. The summed E-state index contributed by atoms with van der Waals surface area (Å²) in [5.74, 6) is -1.87. The SMILES string of the molecule is CCOCC(=O)C[C](=O)[Ti]([O]CC)([C](=O)CC(=O)COCC)[C](=O)CC(=O)COCC. The zero-order valence-corrected chi connectivity index (χ0v) is 20.2. The van der Waals surface area contributed by atoms with Crippen LogP contribution in [0.2, 0.25) is 0 Å². The minimum absolute atomic E-state index is 0.165. The van der Waals surface area contributed by atoms with Crippen molar-refractivity contribution in [3.63, 3.8) is 0 Å². The fourth-order valence-corrected chi connectivity index (χ4v) is 7.61. The van der Waals surface area contributed by atoms with E-state index in [1.54, 1.807) is 20.8 Å². The predicted octanol–water partition coefficient (Wildman–Crippen LogP) is 0.659. The van der Waals surface area contributed by atoms with Crippen molar-refractivity contribution in [2.24, 2.45) is 0 Å². The number of ketones is 3. The maximum atomic E-state index is 13.1. The normalized spacial score (nSPS) is 11.2. The molecule has 10 nitrogen and oxygen atoms in total. The van der Waals surface area contributed by atoms with E-state index in [0.717, 1.165) is 0 Å². The maximum absolute atomic E-state index is 13.1. The number of hydrogen-bond donors (Lipinski definition) is 0. The molecule has 0 aromatic carbocycles. The van der Waals surface area contributed by atoms with E-state index >= 15 is 0 Å². The van der Waals surface area contributed by atoms with Crippen molar-refractivity contribution in [1.82, 2.24) is 0 Å². The number of rotatable bonds is 20. The molecular weight excluding hydrogens is 448 g/mol. The van der Waals surface area contributed by atoms with E-state index in [1.807, 2.05) is 0 Å². The van der Waals surface area contributed by atoms with Gasteiger partial charge in [-0.3, -0.25) is 0 Å². The van der Waals surface area contributed by atoms with Gasteiger partial charge in [0, 0.05) is 0 Å². The Bertz CT molecular complexity index is 575. The minimum atomic E-state index is -5.33. The van der Waals surface area contributed by atoms with Crippen LogP contribution in [0.25, 0.3) is 0 Å². The molecule has 0 heterocycles. The average Bonchev–Trinajstić information content (AvgIpc) is 2.72. The second kappa shape index (κ2) is 16.2. The molecule has 0 aliphatic rings. The molecule has 0 unspecified atom stereocenters. The van der Waals surface area contributed by atoms with E-state index in [-0.39, 0.29) is 46.2 Å². The Kier molecular flexibility index (Phi) is 15.5. The van der Waals surface area contributed by atoms with Crippen LogP contribution in [0.4, 0.5) is 0 Å². The van der Waals surface area contributed by atoms with Gasteiger partial charge in [-0.25, -0.2) is 0 Å². The van der Waals surface area contributed by atoms with E-state index in [9.17, 15) is 28.8 Å². The van der Waals surface area contributed by atoms with Crippen LogP contribution in [0.1, 0.15) is 47.0 Å². The molecule has 0 radical (unpaired) electrons. The van der Waals surface area contributed by atoms with Crippen LogP contribution in [-0.4, -0.2) is 75.9 Å². The van der Waals surface area contributed by atoms with Gasteiger partial charge in [-0.1, -0.05) is 0 Å². The third kappa shape index (κ3) is 10.2. The first-order chi connectivity index (χ1) is 14.7. The molecule has 0 saturated carbocycles. The van der Waals surface area contributed by atoms with E-state index in [0.29, 0.717) is 0 Å². The third-order valence-corrected chi connectivity index (χ3v) is 9.65. The number of Topliss-reactive ketones (excluding diaryl/α,β-unsaturated/α-hetero) is 3. The Morgan fingerprint density at radius 3 is 1.03 bits per heavy atom. The van der Waals surface area contributed by atoms with Crippen molar-refractivity contribution < 1.29 is 63.3 Å². The van der Waals surface area contributed by atoms with Crippen molar-refractivity contribution in [3.8, 4) is 0 Å². The van der Waals surface area contributed by atoms with Crippen LogP contribution >= 0.6 is 0 Å². The van der Waals surface area contributed by atoms with E-state index < -0.39 is 65.9 Å². The van der Waals surface area contributed by atoms with E-state index in [2.05, 4.69) is 0 Å². The fourth-order valence-electron chi connectivity index (χ4n) is 2.64. The summed E-state index contributed by atoms with van der Waals surface area (Å²) in [7, 11) is 0. The van der Waals surface area contributed by atoms with Crippen molar-refractivity contribution >= 4 is 29.6 Å². The van der Waals surface area contributed by atoms with Crippen LogP contribution in [-0.2, 0) is 63.3 Å². The van der Waals surface area contributed by atoms with Crippen LogP contribution in [0.5, 0.6) is 0 Å². The molecule has 0 aliphatic carbocycles. The zero-order valence-electron chi connectivity index (χ0n) is 18.7. The molecule has 0 aliphatic heterocycles. The summed E-state index contributed by atoms with van der Waals surface area (Å²) in [6.45, 7) is 5.97. The molecule has 11 heteroatoms. The van der Waals surface area contributed by atoms with E-state index in [4.69, 9.17) is 17.5 Å². The molecule has 0 fully saturated rings. The molecule has 0 spiro atoms. The Morgan fingerprint density at radius 2 is 0.806 bits per heavy atom.